The van der Waals surface area contributed by atoms with Crippen LogP contribution in [0.4, 0.5) is 5.69 Å². The highest BCUT2D eigenvalue weighted by atomic mass is 15.2. The molecule has 2 rings (SSSR count). The molecule has 1 saturated heterocycles. The molecule has 1 aromatic carbocycles. The summed E-state index contributed by atoms with van der Waals surface area (Å²) in [7, 11) is 0. The van der Waals surface area contributed by atoms with Crippen LogP contribution in [0.5, 0.6) is 0 Å². The van der Waals surface area contributed by atoms with E-state index in [-0.39, 0.29) is 0 Å². The highest BCUT2D eigenvalue weighted by Gasteiger charge is 2.18. The lowest BCUT2D eigenvalue weighted by molar-refractivity contribution is 0.279. The smallest absolute Gasteiger partial charge is 0.0340 e. The topological polar surface area (TPSA) is 15.3 Å². The van der Waals surface area contributed by atoms with Crippen molar-refractivity contribution in [2.24, 2.45) is 0 Å². The van der Waals surface area contributed by atoms with Gasteiger partial charge >= 0.3 is 0 Å². The van der Waals surface area contributed by atoms with Crippen LogP contribution in [-0.4, -0.2) is 30.6 Å². The second kappa shape index (κ2) is 5.35. The predicted octanol–water partition coefficient (Wildman–Crippen LogP) is 2.89. The maximum absolute atomic E-state index is 3.48. The largest absolute Gasteiger partial charge is 0.384 e. The van der Waals surface area contributed by atoms with Crippen molar-refractivity contribution in [1.29, 1.82) is 0 Å². The van der Waals surface area contributed by atoms with Crippen LogP contribution in [0.3, 0.4) is 0 Å². The monoisotopic (exact) mass is 218 g/mol. The second-order valence-electron chi connectivity index (χ2n) is 4.82. The zero-order valence-electron chi connectivity index (χ0n) is 10.4. The van der Waals surface area contributed by atoms with Gasteiger partial charge in [0.15, 0.2) is 0 Å². The highest BCUT2D eigenvalue weighted by Crippen LogP contribution is 2.15. The van der Waals surface area contributed by atoms with Gasteiger partial charge in [-0.15, -0.1) is 0 Å². The Balaban J connectivity index is 1.73. The quantitative estimate of drug-likeness (QED) is 0.836. The first-order valence-electron chi connectivity index (χ1n) is 6.30. The number of benzene rings is 1. The molecule has 0 spiro atoms. The maximum atomic E-state index is 3.48. The fraction of sp³-hybridized carbons (Fsp3) is 0.571. The van der Waals surface area contributed by atoms with Crippen molar-refractivity contribution < 1.29 is 0 Å². The van der Waals surface area contributed by atoms with Crippen LogP contribution in [0.15, 0.2) is 24.3 Å². The average molecular weight is 218 g/mol. The molecule has 1 aliphatic rings. The molecule has 1 atom stereocenters. The van der Waals surface area contributed by atoms with E-state index in [0.29, 0.717) is 0 Å². The van der Waals surface area contributed by atoms with Gasteiger partial charge in [-0.1, -0.05) is 17.7 Å². The molecule has 2 nitrogen and oxygen atoms in total. The molecule has 0 radical (unpaired) electrons. The van der Waals surface area contributed by atoms with Gasteiger partial charge < -0.3 is 5.32 Å². The van der Waals surface area contributed by atoms with E-state index in [1.807, 2.05) is 0 Å². The first-order chi connectivity index (χ1) is 7.75. The standard InChI is InChI=1S/C14H22N2/c1-12-5-7-14(8-6-12)15-9-11-16-10-3-4-13(16)2/h5-8,13,15H,3-4,9-11H2,1-2H3. The Labute approximate surface area is 98.7 Å². The van der Waals surface area contributed by atoms with Crippen molar-refractivity contribution in [2.75, 3.05) is 25.0 Å². The minimum absolute atomic E-state index is 0.778. The van der Waals surface area contributed by atoms with E-state index in [1.165, 1.54) is 30.6 Å². The summed E-state index contributed by atoms with van der Waals surface area (Å²) in [5.74, 6) is 0. The Hall–Kier alpha value is -1.02. The van der Waals surface area contributed by atoms with Crippen LogP contribution in [0.25, 0.3) is 0 Å². The second-order valence-corrected chi connectivity index (χ2v) is 4.82. The lowest BCUT2D eigenvalue weighted by atomic mass is 10.2. The first kappa shape index (κ1) is 11.5. The van der Waals surface area contributed by atoms with Gasteiger partial charge in [0.25, 0.3) is 0 Å². The van der Waals surface area contributed by atoms with Crippen molar-refractivity contribution >= 4 is 5.69 Å². The number of nitrogens with zero attached hydrogens (tertiary/aromatic N) is 1. The molecule has 1 aliphatic heterocycles. The molecule has 1 aromatic rings. The van der Waals surface area contributed by atoms with Crippen molar-refractivity contribution in [1.82, 2.24) is 4.90 Å². The Kier molecular flexibility index (Phi) is 3.83. The van der Waals surface area contributed by atoms with E-state index in [2.05, 4.69) is 48.3 Å². The van der Waals surface area contributed by atoms with Crippen molar-refractivity contribution in [3.05, 3.63) is 29.8 Å². The number of anilines is 1. The van der Waals surface area contributed by atoms with Crippen molar-refractivity contribution in [2.45, 2.75) is 32.7 Å². The van der Waals surface area contributed by atoms with E-state index in [0.717, 1.165) is 19.1 Å². The van der Waals surface area contributed by atoms with Crippen molar-refractivity contribution in [3.63, 3.8) is 0 Å². The summed E-state index contributed by atoms with van der Waals surface area (Å²) in [5, 5.41) is 3.48. The molecule has 0 aliphatic carbocycles. The van der Waals surface area contributed by atoms with Crippen LogP contribution in [0, 0.1) is 6.92 Å². The molecule has 0 saturated carbocycles. The Bertz CT molecular complexity index is 318. The third-order valence-corrected chi connectivity index (χ3v) is 3.47. The van der Waals surface area contributed by atoms with Crippen LogP contribution >= 0.6 is 0 Å². The van der Waals surface area contributed by atoms with Gasteiger partial charge in [-0.05, 0) is 45.4 Å². The third kappa shape index (κ3) is 2.99. The van der Waals surface area contributed by atoms with Crippen molar-refractivity contribution in [3.8, 4) is 0 Å². The summed E-state index contributed by atoms with van der Waals surface area (Å²) in [6.07, 6.45) is 2.73. The highest BCUT2D eigenvalue weighted by molar-refractivity contribution is 5.44. The molecular formula is C14H22N2. The lowest BCUT2D eigenvalue weighted by Gasteiger charge is -2.21. The Morgan fingerprint density at radius 1 is 1.31 bits per heavy atom. The van der Waals surface area contributed by atoms with Gasteiger partial charge in [-0.25, -0.2) is 0 Å². The normalized spacial score (nSPS) is 21.2. The Morgan fingerprint density at radius 3 is 2.69 bits per heavy atom. The van der Waals surface area contributed by atoms with Gasteiger partial charge in [-0.3, -0.25) is 4.90 Å². The van der Waals surface area contributed by atoms with Gasteiger partial charge in [0.1, 0.15) is 0 Å². The van der Waals surface area contributed by atoms with E-state index >= 15 is 0 Å². The van der Waals surface area contributed by atoms with Crippen LogP contribution in [0.2, 0.25) is 0 Å². The van der Waals surface area contributed by atoms with E-state index in [4.69, 9.17) is 0 Å². The van der Waals surface area contributed by atoms with E-state index in [1.54, 1.807) is 0 Å². The summed E-state index contributed by atoms with van der Waals surface area (Å²) in [6.45, 7) is 7.94. The summed E-state index contributed by atoms with van der Waals surface area (Å²) in [5.41, 5.74) is 2.55. The average Bonchev–Trinajstić information content (AvgIpc) is 2.68. The first-order valence-corrected chi connectivity index (χ1v) is 6.30. The number of nitrogens with one attached hydrogen (secondary N) is 1. The molecule has 0 aromatic heterocycles. The molecule has 1 N–H and O–H groups in total. The van der Waals surface area contributed by atoms with Crippen LogP contribution in [0.1, 0.15) is 25.3 Å². The van der Waals surface area contributed by atoms with Gasteiger partial charge in [-0.2, -0.15) is 0 Å². The maximum Gasteiger partial charge on any atom is 0.0340 e. The molecule has 1 unspecified atom stereocenters. The van der Waals surface area contributed by atoms with Crippen LogP contribution < -0.4 is 5.32 Å². The molecule has 2 heteroatoms. The minimum Gasteiger partial charge on any atom is -0.384 e. The summed E-state index contributed by atoms with van der Waals surface area (Å²) >= 11 is 0. The van der Waals surface area contributed by atoms with E-state index < -0.39 is 0 Å². The molecule has 1 fully saturated rings. The summed E-state index contributed by atoms with van der Waals surface area (Å²) in [4.78, 5) is 2.57. The third-order valence-electron chi connectivity index (χ3n) is 3.47. The predicted molar refractivity (Wildman–Crippen MR) is 69.9 cm³/mol. The summed E-state index contributed by atoms with van der Waals surface area (Å²) < 4.78 is 0. The Morgan fingerprint density at radius 2 is 2.06 bits per heavy atom. The molecule has 1 heterocycles. The minimum atomic E-state index is 0.778. The molecule has 88 valence electrons. The molecular weight excluding hydrogens is 196 g/mol. The molecule has 16 heavy (non-hydrogen) atoms. The zero-order chi connectivity index (χ0) is 11.4. The zero-order valence-corrected chi connectivity index (χ0v) is 10.4. The van der Waals surface area contributed by atoms with Crippen LogP contribution in [-0.2, 0) is 0 Å². The van der Waals surface area contributed by atoms with E-state index in [9.17, 15) is 0 Å². The number of aryl methyl sites for hydroxylation is 1. The molecule has 0 amide bonds. The number of hydrogen-bond acceptors (Lipinski definition) is 2. The SMILES string of the molecule is Cc1ccc(NCCN2CCCC2C)cc1. The fourth-order valence-electron chi connectivity index (χ4n) is 2.34. The summed E-state index contributed by atoms with van der Waals surface area (Å²) in [6, 6.07) is 9.40. The fourth-order valence-corrected chi connectivity index (χ4v) is 2.34. The van der Waals surface area contributed by atoms with Gasteiger partial charge in [0.2, 0.25) is 0 Å². The van der Waals surface area contributed by atoms with Gasteiger partial charge in [0.05, 0.1) is 0 Å². The van der Waals surface area contributed by atoms with Gasteiger partial charge in [0, 0.05) is 24.8 Å². The lowest BCUT2D eigenvalue weighted by Crippen LogP contribution is -2.31. The number of hydrogen-bond donors (Lipinski definition) is 1. The molecule has 0 bridgehead atoms. The number of rotatable bonds is 4. The number of likely N-dealkylation sites (tertiary alicyclic amines) is 1.